The van der Waals surface area contributed by atoms with Gasteiger partial charge in [0.25, 0.3) is 11.8 Å². The molecule has 2 unspecified atom stereocenters. The Kier molecular flexibility index (Phi) is 7.23. The number of nitrogens with one attached hydrogen (secondary N) is 1. The van der Waals surface area contributed by atoms with E-state index in [2.05, 4.69) is 5.32 Å². The fourth-order valence-electron chi connectivity index (χ4n) is 2.55. The van der Waals surface area contributed by atoms with Gasteiger partial charge in [-0.15, -0.1) is 0 Å². The first kappa shape index (κ1) is 19.7. The van der Waals surface area contributed by atoms with Crippen molar-refractivity contribution in [1.29, 1.82) is 0 Å². The lowest BCUT2D eigenvalue weighted by molar-refractivity contribution is -0.130. The number of carbonyl (C=O) groups excluding carboxylic acids is 2. The highest BCUT2D eigenvalue weighted by atomic mass is 35.5. The van der Waals surface area contributed by atoms with Crippen LogP contribution in [-0.2, 0) is 14.3 Å². The minimum Gasteiger partial charge on any atom is -0.376 e. The lowest BCUT2D eigenvalue weighted by atomic mass is 10.1. The van der Waals surface area contributed by atoms with Crippen LogP contribution in [0.1, 0.15) is 36.5 Å². The number of rotatable bonds is 6. The standard InChI is InChI=1S/C18H25ClN2O4/c1-12(25-11-14-6-4-5-9-24-14)17(22)20-16-10-13(19)7-8-15(16)18(23)21(2)3/h7-8,10,12,14H,4-6,9,11H2,1-3H3,(H,20,22). The SMILES string of the molecule is CC(OCC1CCCCO1)C(=O)Nc1cc(Cl)ccc1C(=O)N(C)C. The van der Waals surface area contributed by atoms with Crippen LogP contribution >= 0.6 is 11.6 Å². The van der Waals surface area contributed by atoms with Crippen molar-refractivity contribution in [3.8, 4) is 0 Å². The van der Waals surface area contributed by atoms with Crippen molar-refractivity contribution >= 4 is 29.1 Å². The molecule has 1 heterocycles. The molecule has 138 valence electrons. The number of benzene rings is 1. The van der Waals surface area contributed by atoms with Crippen LogP contribution in [0.25, 0.3) is 0 Å². The zero-order valence-electron chi connectivity index (χ0n) is 14.9. The summed E-state index contributed by atoms with van der Waals surface area (Å²) >= 11 is 6.00. The van der Waals surface area contributed by atoms with Crippen LogP contribution in [0.3, 0.4) is 0 Å². The van der Waals surface area contributed by atoms with Crippen molar-refractivity contribution in [1.82, 2.24) is 4.90 Å². The molecule has 0 bridgehead atoms. The molecule has 1 aromatic rings. The summed E-state index contributed by atoms with van der Waals surface area (Å²) in [6, 6.07) is 4.78. The van der Waals surface area contributed by atoms with Crippen LogP contribution in [0.4, 0.5) is 5.69 Å². The Hall–Kier alpha value is -1.63. The third-order valence-corrected chi connectivity index (χ3v) is 4.29. The molecule has 0 radical (unpaired) electrons. The number of ether oxygens (including phenoxy) is 2. The number of nitrogens with zero attached hydrogens (tertiary/aromatic N) is 1. The minimum atomic E-state index is -0.660. The Balaban J connectivity index is 1.98. The molecule has 1 saturated heterocycles. The first-order valence-corrected chi connectivity index (χ1v) is 8.81. The smallest absolute Gasteiger partial charge is 0.255 e. The number of carbonyl (C=O) groups is 2. The van der Waals surface area contributed by atoms with Gasteiger partial charge in [0.15, 0.2) is 0 Å². The Morgan fingerprint density at radius 3 is 2.80 bits per heavy atom. The summed E-state index contributed by atoms with van der Waals surface area (Å²) in [7, 11) is 3.30. The summed E-state index contributed by atoms with van der Waals surface area (Å²) in [6.45, 7) is 2.80. The maximum atomic E-state index is 12.4. The van der Waals surface area contributed by atoms with Gasteiger partial charge in [0, 0.05) is 25.7 Å². The fraction of sp³-hybridized carbons (Fsp3) is 0.556. The maximum Gasteiger partial charge on any atom is 0.255 e. The average Bonchev–Trinajstić information content (AvgIpc) is 2.60. The molecule has 2 atom stereocenters. The monoisotopic (exact) mass is 368 g/mol. The van der Waals surface area contributed by atoms with E-state index in [-0.39, 0.29) is 17.9 Å². The van der Waals surface area contributed by atoms with Crippen LogP contribution in [0.2, 0.25) is 5.02 Å². The van der Waals surface area contributed by atoms with Crippen LogP contribution in [0.5, 0.6) is 0 Å². The van der Waals surface area contributed by atoms with Gasteiger partial charge in [-0.05, 0) is 44.4 Å². The zero-order valence-corrected chi connectivity index (χ0v) is 15.6. The van der Waals surface area contributed by atoms with Gasteiger partial charge in [-0.2, -0.15) is 0 Å². The summed E-state index contributed by atoms with van der Waals surface area (Å²) < 4.78 is 11.2. The van der Waals surface area contributed by atoms with Crippen LogP contribution in [-0.4, -0.2) is 56.2 Å². The summed E-state index contributed by atoms with van der Waals surface area (Å²) in [5.74, 6) is -0.540. The fourth-order valence-corrected chi connectivity index (χ4v) is 2.72. The van der Waals surface area contributed by atoms with Crippen molar-refractivity contribution < 1.29 is 19.1 Å². The van der Waals surface area contributed by atoms with Crippen LogP contribution in [0.15, 0.2) is 18.2 Å². The highest BCUT2D eigenvalue weighted by Crippen LogP contribution is 2.23. The lowest BCUT2D eigenvalue weighted by Gasteiger charge is -2.24. The summed E-state index contributed by atoms with van der Waals surface area (Å²) in [5.41, 5.74) is 0.756. The van der Waals surface area contributed by atoms with Gasteiger partial charge in [0.1, 0.15) is 6.10 Å². The predicted molar refractivity (Wildman–Crippen MR) is 97.1 cm³/mol. The van der Waals surface area contributed by atoms with E-state index in [0.717, 1.165) is 25.9 Å². The van der Waals surface area contributed by atoms with E-state index in [9.17, 15) is 9.59 Å². The van der Waals surface area contributed by atoms with Gasteiger partial charge in [-0.1, -0.05) is 11.6 Å². The summed E-state index contributed by atoms with van der Waals surface area (Å²) in [4.78, 5) is 26.1. The molecule has 25 heavy (non-hydrogen) atoms. The van der Waals surface area contributed by atoms with Gasteiger partial charge in [0.2, 0.25) is 0 Å². The quantitative estimate of drug-likeness (QED) is 0.838. The molecule has 0 aliphatic carbocycles. The second-order valence-electron chi connectivity index (χ2n) is 6.34. The Morgan fingerprint density at radius 2 is 2.16 bits per heavy atom. The average molecular weight is 369 g/mol. The Bertz CT molecular complexity index is 615. The molecule has 2 rings (SSSR count). The van der Waals surface area contributed by atoms with E-state index in [0.29, 0.717) is 22.9 Å². The second kappa shape index (κ2) is 9.17. The van der Waals surface area contributed by atoms with E-state index in [4.69, 9.17) is 21.1 Å². The molecular weight excluding hydrogens is 344 g/mol. The highest BCUT2D eigenvalue weighted by molar-refractivity contribution is 6.31. The molecule has 1 fully saturated rings. The number of hydrogen-bond acceptors (Lipinski definition) is 4. The normalized spacial score (nSPS) is 18.5. The molecule has 7 heteroatoms. The lowest BCUT2D eigenvalue weighted by Crippen LogP contribution is -2.33. The minimum absolute atomic E-state index is 0.0426. The van der Waals surface area contributed by atoms with Gasteiger partial charge >= 0.3 is 0 Å². The molecule has 0 spiro atoms. The molecule has 1 N–H and O–H groups in total. The second-order valence-corrected chi connectivity index (χ2v) is 6.78. The molecular formula is C18H25ClN2O4. The number of anilines is 1. The van der Waals surface area contributed by atoms with E-state index >= 15 is 0 Å². The Morgan fingerprint density at radius 1 is 1.40 bits per heavy atom. The maximum absolute atomic E-state index is 12.4. The van der Waals surface area contributed by atoms with Crippen LogP contribution < -0.4 is 5.32 Å². The van der Waals surface area contributed by atoms with Crippen molar-refractivity contribution in [3.63, 3.8) is 0 Å². The topological polar surface area (TPSA) is 67.9 Å². The molecule has 0 aromatic heterocycles. The van der Waals surface area contributed by atoms with Gasteiger partial charge in [-0.25, -0.2) is 0 Å². The van der Waals surface area contributed by atoms with E-state index in [1.807, 2.05) is 0 Å². The molecule has 6 nitrogen and oxygen atoms in total. The van der Waals surface area contributed by atoms with Gasteiger partial charge < -0.3 is 19.7 Å². The zero-order chi connectivity index (χ0) is 18.4. The number of halogens is 1. The molecule has 0 saturated carbocycles. The van der Waals surface area contributed by atoms with Gasteiger partial charge in [0.05, 0.1) is 24.0 Å². The van der Waals surface area contributed by atoms with Crippen molar-refractivity contribution in [2.45, 2.75) is 38.4 Å². The third-order valence-electron chi connectivity index (χ3n) is 4.05. The molecule has 1 aliphatic heterocycles. The number of hydrogen-bond donors (Lipinski definition) is 1. The first-order valence-electron chi connectivity index (χ1n) is 8.43. The molecule has 1 aliphatic rings. The summed E-state index contributed by atoms with van der Waals surface area (Å²) in [5, 5.41) is 3.18. The predicted octanol–water partition coefficient (Wildman–Crippen LogP) is 2.95. The molecule has 1 aromatic carbocycles. The number of amides is 2. The van der Waals surface area contributed by atoms with E-state index in [1.54, 1.807) is 39.2 Å². The van der Waals surface area contributed by atoms with E-state index < -0.39 is 6.10 Å². The van der Waals surface area contributed by atoms with Crippen molar-refractivity contribution in [2.75, 3.05) is 32.6 Å². The third kappa shape index (κ3) is 5.70. The summed E-state index contributed by atoms with van der Waals surface area (Å²) in [6.07, 6.45) is 2.52. The highest BCUT2D eigenvalue weighted by Gasteiger charge is 2.21. The Labute approximate surface area is 153 Å². The molecule has 2 amide bonds. The van der Waals surface area contributed by atoms with Crippen LogP contribution in [0, 0.1) is 0 Å². The van der Waals surface area contributed by atoms with E-state index in [1.165, 1.54) is 4.90 Å². The first-order chi connectivity index (χ1) is 11.9. The van der Waals surface area contributed by atoms with Crippen molar-refractivity contribution in [3.05, 3.63) is 28.8 Å². The van der Waals surface area contributed by atoms with Gasteiger partial charge in [-0.3, -0.25) is 9.59 Å². The largest absolute Gasteiger partial charge is 0.376 e. The van der Waals surface area contributed by atoms with Crippen molar-refractivity contribution in [2.24, 2.45) is 0 Å².